The molecule has 0 bridgehead atoms. The predicted molar refractivity (Wildman–Crippen MR) is 86.6 cm³/mol. The summed E-state index contributed by atoms with van der Waals surface area (Å²) in [6, 6.07) is 5.80. The molecule has 0 spiro atoms. The minimum Gasteiger partial charge on any atom is -0.497 e. The van der Waals surface area contributed by atoms with E-state index in [0.717, 1.165) is 0 Å². The summed E-state index contributed by atoms with van der Waals surface area (Å²) in [7, 11) is -2.38. The predicted octanol–water partition coefficient (Wildman–Crippen LogP) is 0.813. The van der Waals surface area contributed by atoms with Crippen LogP contribution in [-0.2, 0) is 19.4 Å². The summed E-state index contributed by atoms with van der Waals surface area (Å²) in [5.74, 6) is 0.523. The molecule has 1 aromatic carbocycles. The van der Waals surface area contributed by atoms with Crippen LogP contribution in [0.15, 0.2) is 29.2 Å². The SMILES string of the molecule is COc1ccc(S(=O)(=O)C(N)CC(N)(C=O)OC(C)(C)C)cc1. The van der Waals surface area contributed by atoms with Crippen LogP contribution in [0.3, 0.4) is 0 Å². The Labute approximate surface area is 136 Å². The van der Waals surface area contributed by atoms with Crippen LogP contribution in [0.2, 0.25) is 0 Å². The fraction of sp³-hybridized carbons (Fsp3) is 0.533. The second-order valence-electron chi connectivity index (χ2n) is 6.25. The van der Waals surface area contributed by atoms with Crippen LogP contribution in [0.1, 0.15) is 27.2 Å². The molecular formula is C15H24N2O5S. The van der Waals surface area contributed by atoms with Crippen LogP contribution >= 0.6 is 0 Å². The maximum Gasteiger partial charge on any atom is 0.194 e. The Morgan fingerprint density at radius 2 is 1.74 bits per heavy atom. The lowest BCUT2D eigenvalue weighted by Crippen LogP contribution is -2.54. The lowest BCUT2D eigenvalue weighted by molar-refractivity contribution is -0.153. The maximum absolute atomic E-state index is 12.5. The molecule has 0 aliphatic carbocycles. The second kappa shape index (κ2) is 6.96. The van der Waals surface area contributed by atoms with Crippen LogP contribution in [0.5, 0.6) is 5.75 Å². The number of carbonyl (C=O) groups excluding carboxylic acids is 1. The van der Waals surface area contributed by atoms with Crippen LogP contribution in [0, 0.1) is 0 Å². The summed E-state index contributed by atoms with van der Waals surface area (Å²) in [4.78, 5) is 11.3. The first kappa shape index (κ1) is 19.6. The Bertz CT molecular complexity index is 637. The number of rotatable bonds is 7. The summed E-state index contributed by atoms with van der Waals surface area (Å²) < 4.78 is 35.4. The number of sulfone groups is 1. The molecule has 2 atom stereocenters. The summed E-state index contributed by atoms with van der Waals surface area (Å²) in [5, 5.41) is -1.38. The van der Waals surface area contributed by atoms with Gasteiger partial charge in [0.2, 0.25) is 0 Å². The first-order valence-electron chi connectivity index (χ1n) is 7.02. The number of methoxy groups -OCH3 is 1. The molecule has 0 aliphatic heterocycles. The Morgan fingerprint density at radius 3 is 2.13 bits per heavy atom. The van der Waals surface area contributed by atoms with Crippen molar-refractivity contribution in [3.05, 3.63) is 24.3 Å². The van der Waals surface area contributed by atoms with Gasteiger partial charge in [0.25, 0.3) is 0 Å². The second-order valence-corrected chi connectivity index (χ2v) is 8.42. The highest BCUT2D eigenvalue weighted by Gasteiger charge is 2.37. The normalized spacial score (nSPS) is 16.4. The molecule has 1 aromatic rings. The molecule has 0 fully saturated rings. The van der Waals surface area contributed by atoms with E-state index >= 15 is 0 Å². The van der Waals surface area contributed by atoms with E-state index in [1.807, 2.05) is 0 Å². The van der Waals surface area contributed by atoms with Gasteiger partial charge in [-0.15, -0.1) is 0 Å². The van der Waals surface area contributed by atoms with E-state index in [9.17, 15) is 13.2 Å². The van der Waals surface area contributed by atoms with Crippen molar-refractivity contribution in [1.29, 1.82) is 0 Å². The van der Waals surface area contributed by atoms with Crippen LogP contribution in [0.25, 0.3) is 0 Å². The molecule has 0 aromatic heterocycles. The van der Waals surface area contributed by atoms with Gasteiger partial charge >= 0.3 is 0 Å². The van der Waals surface area contributed by atoms with Gasteiger partial charge in [0.1, 0.15) is 11.1 Å². The highest BCUT2D eigenvalue weighted by molar-refractivity contribution is 7.92. The van der Waals surface area contributed by atoms with Crippen molar-refractivity contribution < 1.29 is 22.7 Å². The standard InChI is InChI=1S/C15H24N2O5S/c1-14(2,3)22-15(17,10-18)9-13(16)23(19,20)12-7-5-11(21-4)6-8-12/h5-8,10,13H,9,16-17H2,1-4H3. The zero-order chi connectivity index (χ0) is 17.9. The van der Waals surface area contributed by atoms with Gasteiger partial charge < -0.3 is 15.2 Å². The van der Waals surface area contributed by atoms with E-state index in [4.69, 9.17) is 20.9 Å². The van der Waals surface area contributed by atoms with Crippen molar-refractivity contribution in [3.63, 3.8) is 0 Å². The third-order valence-corrected chi connectivity index (χ3v) is 4.90. The molecule has 130 valence electrons. The third-order valence-electron chi connectivity index (χ3n) is 3.00. The smallest absolute Gasteiger partial charge is 0.194 e. The van der Waals surface area contributed by atoms with Gasteiger partial charge in [-0.05, 0) is 45.0 Å². The number of ether oxygens (including phenoxy) is 2. The average molecular weight is 344 g/mol. The number of carbonyl (C=O) groups is 1. The Morgan fingerprint density at radius 1 is 1.22 bits per heavy atom. The van der Waals surface area contributed by atoms with Gasteiger partial charge in [-0.2, -0.15) is 0 Å². The van der Waals surface area contributed by atoms with E-state index in [1.54, 1.807) is 20.8 Å². The highest BCUT2D eigenvalue weighted by atomic mass is 32.2. The molecule has 0 aliphatic rings. The first-order valence-corrected chi connectivity index (χ1v) is 8.57. The van der Waals surface area contributed by atoms with Crippen LogP contribution < -0.4 is 16.2 Å². The monoisotopic (exact) mass is 344 g/mol. The number of hydrogen-bond donors (Lipinski definition) is 2. The quantitative estimate of drug-likeness (QED) is 0.554. The fourth-order valence-corrected chi connectivity index (χ4v) is 3.39. The van der Waals surface area contributed by atoms with Crippen molar-refractivity contribution in [2.24, 2.45) is 11.5 Å². The van der Waals surface area contributed by atoms with E-state index in [0.29, 0.717) is 12.0 Å². The molecule has 0 saturated heterocycles. The number of benzene rings is 1. The van der Waals surface area contributed by atoms with Gasteiger partial charge in [-0.1, -0.05) is 0 Å². The third kappa shape index (κ3) is 5.28. The summed E-state index contributed by atoms with van der Waals surface area (Å²) in [5.41, 5.74) is 9.14. The summed E-state index contributed by atoms with van der Waals surface area (Å²) >= 11 is 0. The molecular weight excluding hydrogens is 320 g/mol. The Kier molecular flexibility index (Phi) is 5.92. The van der Waals surface area contributed by atoms with Crippen molar-refractivity contribution in [3.8, 4) is 5.75 Å². The van der Waals surface area contributed by atoms with Gasteiger partial charge in [-0.3, -0.25) is 10.5 Å². The molecule has 0 amide bonds. The summed E-state index contributed by atoms with van der Waals surface area (Å²) in [6.45, 7) is 5.13. The fourth-order valence-electron chi connectivity index (χ4n) is 2.05. The molecule has 8 heteroatoms. The Hall–Kier alpha value is -1.48. The van der Waals surface area contributed by atoms with E-state index < -0.39 is 26.5 Å². The van der Waals surface area contributed by atoms with Gasteiger partial charge in [0.15, 0.2) is 21.8 Å². The van der Waals surface area contributed by atoms with Gasteiger partial charge in [0, 0.05) is 6.42 Å². The number of nitrogens with two attached hydrogens (primary N) is 2. The molecule has 1 rings (SSSR count). The zero-order valence-electron chi connectivity index (χ0n) is 13.8. The molecule has 0 saturated carbocycles. The summed E-state index contributed by atoms with van der Waals surface area (Å²) in [6.07, 6.45) is 0.0176. The minimum absolute atomic E-state index is 0.0230. The highest BCUT2D eigenvalue weighted by Crippen LogP contribution is 2.24. The first-order chi connectivity index (χ1) is 10.4. The number of hydrogen-bond acceptors (Lipinski definition) is 7. The van der Waals surface area contributed by atoms with E-state index in [2.05, 4.69) is 0 Å². The topological polar surface area (TPSA) is 122 Å². The average Bonchev–Trinajstić information content (AvgIpc) is 2.45. The van der Waals surface area contributed by atoms with Gasteiger partial charge in [0.05, 0.1) is 17.6 Å². The van der Waals surface area contributed by atoms with Crippen LogP contribution in [0.4, 0.5) is 0 Å². The van der Waals surface area contributed by atoms with Crippen molar-refractivity contribution in [2.45, 2.75) is 48.8 Å². The molecule has 0 radical (unpaired) electrons. The molecule has 7 nitrogen and oxygen atoms in total. The van der Waals surface area contributed by atoms with Crippen molar-refractivity contribution in [1.82, 2.24) is 0 Å². The molecule has 0 heterocycles. The lowest BCUT2D eigenvalue weighted by atomic mass is 10.1. The van der Waals surface area contributed by atoms with Crippen molar-refractivity contribution >= 4 is 16.1 Å². The molecule has 23 heavy (non-hydrogen) atoms. The minimum atomic E-state index is -3.86. The van der Waals surface area contributed by atoms with Gasteiger partial charge in [-0.25, -0.2) is 8.42 Å². The maximum atomic E-state index is 12.5. The van der Waals surface area contributed by atoms with Crippen LogP contribution in [-0.4, -0.2) is 38.5 Å². The van der Waals surface area contributed by atoms with Crippen molar-refractivity contribution in [2.75, 3.05) is 7.11 Å². The van der Waals surface area contributed by atoms with E-state index in [1.165, 1.54) is 31.4 Å². The molecule has 2 unspecified atom stereocenters. The Balaban J connectivity index is 3.01. The largest absolute Gasteiger partial charge is 0.497 e. The van der Waals surface area contributed by atoms with E-state index in [-0.39, 0.29) is 11.3 Å². The zero-order valence-corrected chi connectivity index (χ0v) is 14.6. The molecule has 4 N–H and O–H groups in total. The lowest BCUT2D eigenvalue weighted by Gasteiger charge is -2.33. The number of aldehydes is 1.